The number of carbonyl (C=O) groups excluding carboxylic acids is 1. The molecule has 4 rings (SSSR count). The second-order valence-corrected chi connectivity index (χ2v) is 7.71. The molecule has 3 nitrogen and oxygen atoms in total. The third kappa shape index (κ3) is 2.05. The number of anilines is 1. The van der Waals surface area contributed by atoms with Crippen molar-refractivity contribution in [3.05, 3.63) is 24.3 Å². The molecule has 1 aromatic carbocycles. The molecule has 2 aliphatic carbocycles. The molecule has 3 aliphatic rings. The zero-order chi connectivity index (χ0) is 14.7. The summed E-state index contributed by atoms with van der Waals surface area (Å²) in [6.07, 6.45) is 6.23. The Morgan fingerprint density at radius 2 is 1.95 bits per heavy atom. The molecule has 0 bridgehead atoms. The van der Waals surface area contributed by atoms with Gasteiger partial charge in [0.25, 0.3) is 0 Å². The van der Waals surface area contributed by atoms with Gasteiger partial charge < -0.3 is 9.64 Å². The van der Waals surface area contributed by atoms with Crippen molar-refractivity contribution in [3.8, 4) is 5.75 Å². The standard InChI is InChI=1S/C18H23NO2/c1-17(2)12-19(14-6-3-4-7-15(14)21-17)16(20)13-10-18(11-13)8-5-9-18/h3-4,6-7,13H,5,8-12H2,1-2H3. The molecule has 2 saturated carbocycles. The number of hydrogen-bond donors (Lipinski definition) is 0. The average Bonchev–Trinajstić information content (AvgIpc) is 2.33. The lowest BCUT2D eigenvalue weighted by Gasteiger charge is -2.54. The Labute approximate surface area is 126 Å². The normalized spacial score (nSPS) is 25.5. The van der Waals surface area contributed by atoms with Crippen molar-refractivity contribution in [1.82, 2.24) is 0 Å². The monoisotopic (exact) mass is 285 g/mol. The second kappa shape index (κ2) is 4.25. The number of rotatable bonds is 1. The molecule has 1 heterocycles. The molecule has 3 heteroatoms. The van der Waals surface area contributed by atoms with Gasteiger partial charge in [0.2, 0.25) is 5.91 Å². The molecular weight excluding hydrogens is 262 g/mol. The number of carbonyl (C=O) groups is 1. The zero-order valence-electron chi connectivity index (χ0n) is 12.9. The maximum Gasteiger partial charge on any atom is 0.230 e. The third-order valence-corrected chi connectivity index (χ3v) is 5.47. The van der Waals surface area contributed by atoms with E-state index in [4.69, 9.17) is 4.74 Å². The Bertz CT molecular complexity index is 581. The number of amides is 1. The van der Waals surface area contributed by atoms with Crippen molar-refractivity contribution < 1.29 is 9.53 Å². The van der Waals surface area contributed by atoms with Crippen LogP contribution in [-0.2, 0) is 4.79 Å². The van der Waals surface area contributed by atoms with Crippen LogP contribution >= 0.6 is 0 Å². The first-order valence-electron chi connectivity index (χ1n) is 8.08. The quantitative estimate of drug-likeness (QED) is 0.786. The summed E-state index contributed by atoms with van der Waals surface area (Å²) >= 11 is 0. The first-order valence-corrected chi connectivity index (χ1v) is 8.08. The SMILES string of the molecule is CC1(C)CN(C(=O)C2CC3(CCC3)C2)c2ccccc2O1. The minimum atomic E-state index is -0.318. The highest BCUT2D eigenvalue weighted by atomic mass is 16.5. The zero-order valence-corrected chi connectivity index (χ0v) is 12.9. The van der Waals surface area contributed by atoms with Gasteiger partial charge in [-0.25, -0.2) is 0 Å². The molecule has 0 saturated heterocycles. The van der Waals surface area contributed by atoms with Crippen LogP contribution in [0.4, 0.5) is 5.69 Å². The summed E-state index contributed by atoms with van der Waals surface area (Å²) in [6, 6.07) is 7.91. The number of para-hydroxylation sites is 2. The van der Waals surface area contributed by atoms with E-state index in [2.05, 4.69) is 13.8 Å². The molecular formula is C18H23NO2. The summed E-state index contributed by atoms with van der Waals surface area (Å²) in [5.74, 6) is 1.36. The van der Waals surface area contributed by atoms with E-state index in [-0.39, 0.29) is 11.5 Å². The van der Waals surface area contributed by atoms with Crippen LogP contribution in [0, 0.1) is 11.3 Å². The molecule has 1 spiro atoms. The van der Waals surface area contributed by atoms with E-state index < -0.39 is 0 Å². The molecule has 1 aromatic rings. The first kappa shape index (κ1) is 13.2. The van der Waals surface area contributed by atoms with Gasteiger partial charge in [0, 0.05) is 5.92 Å². The van der Waals surface area contributed by atoms with Crippen LogP contribution in [0.25, 0.3) is 0 Å². The molecule has 112 valence electrons. The van der Waals surface area contributed by atoms with Crippen molar-refractivity contribution in [2.45, 2.75) is 51.6 Å². The summed E-state index contributed by atoms with van der Waals surface area (Å²) in [5, 5.41) is 0. The number of fused-ring (bicyclic) bond motifs is 1. The van der Waals surface area contributed by atoms with Gasteiger partial charge in [0.15, 0.2) is 0 Å². The molecule has 21 heavy (non-hydrogen) atoms. The van der Waals surface area contributed by atoms with Crippen LogP contribution in [0.2, 0.25) is 0 Å². The average molecular weight is 285 g/mol. The summed E-state index contributed by atoms with van der Waals surface area (Å²) in [5.41, 5.74) is 1.17. The van der Waals surface area contributed by atoms with E-state index in [0.29, 0.717) is 17.9 Å². The molecule has 1 aliphatic heterocycles. The lowest BCUT2D eigenvalue weighted by Crippen LogP contribution is -2.55. The first-order chi connectivity index (χ1) is 9.98. The fraction of sp³-hybridized carbons (Fsp3) is 0.611. The molecule has 1 amide bonds. The third-order valence-electron chi connectivity index (χ3n) is 5.47. The maximum absolute atomic E-state index is 12.9. The highest BCUT2D eigenvalue weighted by Gasteiger charge is 2.52. The predicted molar refractivity (Wildman–Crippen MR) is 82.5 cm³/mol. The van der Waals surface area contributed by atoms with Gasteiger partial charge in [-0.1, -0.05) is 18.6 Å². The van der Waals surface area contributed by atoms with E-state index in [1.165, 1.54) is 19.3 Å². The van der Waals surface area contributed by atoms with E-state index in [9.17, 15) is 4.79 Å². The molecule has 0 radical (unpaired) electrons. The van der Waals surface area contributed by atoms with Crippen LogP contribution in [0.1, 0.15) is 46.0 Å². The van der Waals surface area contributed by atoms with Crippen LogP contribution in [0.3, 0.4) is 0 Å². The van der Waals surface area contributed by atoms with E-state index >= 15 is 0 Å². The Hall–Kier alpha value is -1.51. The van der Waals surface area contributed by atoms with Crippen LogP contribution in [0.15, 0.2) is 24.3 Å². The minimum absolute atomic E-state index is 0.229. The summed E-state index contributed by atoms with van der Waals surface area (Å²) in [7, 11) is 0. The Balaban J connectivity index is 1.58. The van der Waals surface area contributed by atoms with E-state index in [0.717, 1.165) is 24.3 Å². The van der Waals surface area contributed by atoms with Crippen LogP contribution in [-0.4, -0.2) is 18.1 Å². The number of hydrogen-bond acceptors (Lipinski definition) is 2. The van der Waals surface area contributed by atoms with Gasteiger partial charge in [0.1, 0.15) is 11.4 Å². The molecule has 0 aromatic heterocycles. The Morgan fingerprint density at radius 3 is 2.62 bits per heavy atom. The fourth-order valence-corrected chi connectivity index (χ4v) is 4.22. The van der Waals surface area contributed by atoms with Gasteiger partial charge in [-0.15, -0.1) is 0 Å². The lowest BCUT2D eigenvalue weighted by atomic mass is 9.51. The predicted octanol–water partition coefficient (Wildman–Crippen LogP) is 3.77. The minimum Gasteiger partial charge on any atom is -0.484 e. The topological polar surface area (TPSA) is 29.5 Å². The van der Waals surface area contributed by atoms with Gasteiger partial charge in [0.05, 0.1) is 12.2 Å². The number of benzene rings is 1. The Kier molecular flexibility index (Phi) is 2.66. The van der Waals surface area contributed by atoms with Crippen molar-refractivity contribution in [2.24, 2.45) is 11.3 Å². The Morgan fingerprint density at radius 1 is 1.24 bits per heavy atom. The summed E-state index contributed by atoms with van der Waals surface area (Å²) < 4.78 is 6.01. The largest absolute Gasteiger partial charge is 0.484 e. The van der Waals surface area contributed by atoms with Crippen LogP contribution < -0.4 is 9.64 Å². The molecule has 0 unspecified atom stereocenters. The highest BCUT2D eigenvalue weighted by molar-refractivity contribution is 5.97. The smallest absolute Gasteiger partial charge is 0.230 e. The fourth-order valence-electron chi connectivity index (χ4n) is 4.22. The number of ether oxygens (including phenoxy) is 1. The molecule has 2 fully saturated rings. The van der Waals surface area contributed by atoms with E-state index in [1.807, 2.05) is 29.2 Å². The second-order valence-electron chi connectivity index (χ2n) is 7.71. The highest BCUT2D eigenvalue weighted by Crippen LogP contribution is 2.59. The van der Waals surface area contributed by atoms with Crippen molar-refractivity contribution in [2.75, 3.05) is 11.4 Å². The molecule has 0 atom stereocenters. The molecule has 0 N–H and O–H groups in total. The number of nitrogens with zero attached hydrogens (tertiary/aromatic N) is 1. The van der Waals surface area contributed by atoms with Crippen molar-refractivity contribution in [3.63, 3.8) is 0 Å². The van der Waals surface area contributed by atoms with Gasteiger partial charge in [-0.05, 0) is 57.1 Å². The van der Waals surface area contributed by atoms with Crippen molar-refractivity contribution >= 4 is 11.6 Å². The van der Waals surface area contributed by atoms with Gasteiger partial charge in [-0.3, -0.25) is 4.79 Å². The van der Waals surface area contributed by atoms with E-state index in [1.54, 1.807) is 0 Å². The van der Waals surface area contributed by atoms with Gasteiger partial charge >= 0.3 is 0 Å². The summed E-state index contributed by atoms with van der Waals surface area (Å²) in [4.78, 5) is 14.9. The van der Waals surface area contributed by atoms with Crippen LogP contribution in [0.5, 0.6) is 5.75 Å². The van der Waals surface area contributed by atoms with Gasteiger partial charge in [-0.2, -0.15) is 0 Å². The van der Waals surface area contributed by atoms with Crippen molar-refractivity contribution in [1.29, 1.82) is 0 Å². The summed E-state index contributed by atoms with van der Waals surface area (Å²) in [6.45, 7) is 4.75. The lowest BCUT2D eigenvalue weighted by molar-refractivity contribution is -0.135. The maximum atomic E-state index is 12.9.